The Labute approximate surface area is 138 Å². The van der Waals surface area contributed by atoms with E-state index in [9.17, 15) is 8.78 Å². The van der Waals surface area contributed by atoms with Crippen LogP contribution in [-0.4, -0.2) is 9.97 Å². The molecule has 0 amide bonds. The molecular weight excluding hydrogens is 310 g/mol. The molecule has 2 aromatic carbocycles. The minimum atomic E-state index is -0.699. The van der Waals surface area contributed by atoms with Gasteiger partial charge in [0.1, 0.15) is 17.5 Å². The molecule has 3 rings (SSSR count). The fraction of sp³-hybridized carbons (Fsp3) is 0.111. The zero-order chi connectivity index (χ0) is 16.9. The maximum Gasteiger partial charge on any atom is 0.229 e. The van der Waals surface area contributed by atoms with Crippen LogP contribution in [0, 0.1) is 11.6 Å². The largest absolute Gasteiger partial charge is 0.363 e. The first kappa shape index (κ1) is 15.9. The maximum absolute atomic E-state index is 13.7. The smallest absolute Gasteiger partial charge is 0.229 e. The van der Waals surface area contributed by atoms with E-state index in [-0.39, 0.29) is 17.7 Å². The number of hydrogen-bond donors (Lipinski definition) is 2. The lowest BCUT2D eigenvalue weighted by atomic mass is 10.1. The summed E-state index contributed by atoms with van der Waals surface area (Å²) in [6, 6.07) is 15.0. The van der Waals surface area contributed by atoms with Crippen LogP contribution in [-0.2, 0) is 0 Å². The van der Waals surface area contributed by atoms with Crippen LogP contribution < -0.4 is 10.6 Å². The highest BCUT2D eigenvalue weighted by Gasteiger charge is 2.08. The van der Waals surface area contributed by atoms with Crippen molar-refractivity contribution in [3.63, 3.8) is 0 Å². The Morgan fingerprint density at radius 2 is 1.79 bits per heavy atom. The lowest BCUT2D eigenvalue weighted by molar-refractivity contribution is 0.586. The molecule has 1 heterocycles. The first-order chi connectivity index (χ1) is 11.6. The fourth-order valence-corrected chi connectivity index (χ4v) is 2.26. The summed E-state index contributed by atoms with van der Waals surface area (Å²) in [6.45, 7) is 2.02. The van der Waals surface area contributed by atoms with Gasteiger partial charge >= 0.3 is 0 Å². The molecule has 0 spiro atoms. The second kappa shape index (κ2) is 7.04. The number of nitrogens with one attached hydrogen (secondary N) is 2. The summed E-state index contributed by atoms with van der Waals surface area (Å²) >= 11 is 0. The van der Waals surface area contributed by atoms with Gasteiger partial charge in [0.2, 0.25) is 5.95 Å². The number of hydrogen-bond acceptors (Lipinski definition) is 4. The molecule has 1 atom stereocenters. The summed E-state index contributed by atoms with van der Waals surface area (Å²) in [5.41, 5.74) is 1.24. The molecule has 6 heteroatoms. The van der Waals surface area contributed by atoms with Gasteiger partial charge < -0.3 is 10.6 Å². The molecule has 0 saturated carbocycles. The normalized spacial score (nSPS) is 11.8. The molecule has 0 radical (unpaired) electrons. The molecule has 3 aromatic rings. The molecule has 2 N–H and O–H groups in total. The predicted molar refractivity (Wildman–Crippen MR) is 90.2 cm³/mol. The average molecular weight is 326 g/mol. The number of nitrogens with zero attached hydrogens (tertiary/aromatic N) is 2. The van der Waals surface area contributed by atoms with Crippen molar-refractivity contribution in [3.05, 3.63) is 78.0 Å². The van der Waals surface area contributed by atoms with Crippen molar-refractivity contribution >= 4 is 17.5 Å². The lowest BCUT2D eigenvalue weighted by Gasteiger charge is -2.15. The maximum atomic E-state index is 13.7. The van der Waals surface area contributed by atoms with Crippen molar-refractivity contribution in [1.29, 1.82) is 0 Å². The Morgan fingerprint density at radius 3 is 2.54 bits per heavy atom. The Hall–Kier alpha value is -3.02. The van der Waals surface area contributed by atoms with Gasteiger partial charge in [0.15, 0.2) is 0 Å². The molecule has 1 aromatic heterocycles. The van der Waals surface area contributed by atoms with Crippen molar-refractivity contribution in [2.75, 3.05) is 10.6 Å². The van der Waals surface area contributed by atoms with E-state index in [4.69, 9.17) is 0 Å². The summed E-state index contributed by atoms with van der Waals surface area (Å²) in [6.07, 6.45) is 1.57. The van der Waals surface area contributed by atoms with Gasteiger partial charge in [0.25, 0.3) is 0 Å². The lowest BCUT2D eigenvalue weighted by Crippen LogP contribution is -2.09. The first-order valence-corrected chi connectivity index (χ1v) is 7.48. The number of aromatic nitrogens is 2. The van der Waals surface area contributed by atoms with Gasteiger partial charge in [-0.05, 0) is 30.7 Å². The van der Waals surface area contributed by atoms with Gasteiger partial charge in [-0.15, -0.1) is 0 Å². The Bertz CT molecular complexity index is 824. The second-order valence-corrected chi connectivity index (χ2v) is 5.29. The van der Waals surface area contributed by atoms with Crippen LogP contribution in [0.15, 0.2) is 60.8 Å². The van der Waals surface area contributed by atoms with Crippen molar-refractivity contribution in [2.45, 2.75) is 13.0 Å². The van der Waals surface area contributed by atoms with Crippen LogP contribution >= 0.6 is 0 Å². The predicted octanol–water partition coefficient (Wildman–Crippen LogP) is 4.67. The van der Waals surface area contributed by atoms with Gasteiger partial charge in [0.05, 0.1) is 5.69 Å². The highest BCUT2D eigenvalue weighted by molar-refractivity contribution is 5.55. The summed E-state index contributed by atoms with van der Waals surface area (Å²) in [5.74, 6) is -0.502. The molecule has 4 nitrogen and oxygen atoms in total. The first-order valence-electron chi connectivity index (χ1n) is 7.48. The number of rotatable bonds is 5. The van der Waals surface area contributed by atoms with Crippen LogP contribution in [0.5, 0.6) is 0 Å². The molecule has 0 fully saturated rings. The van der Waals surface area contributed by atoms with E-state index in [0.717, 1.165) is 11.6 Å². The van der Waals surface area contributed by atoms with E-state index < -0.39 is 11.6 Å². The van der Waals surface area contributed by atoms with Crippen molar-refractivity contribution in [2.24, 2.45) is 0 Å². The Kier molecular flexibility index (Phi) is 4.65. The van der Waals surface area contributed by atoms with Crippen LogP contribution in [0.2, 0.25) is 0 Å². The molecule has 0 aliphatic rings. The third-order valence-electron chi connectivity index (χ3n) is 3.50. The van der Waals surface area contributed by atoms with Gasteiger partial charge in [0, 0.05) is 18.3 Å². The van der Waals surface area contributed by atoms with Crippen LogP contribution in [0.1, 0.15) is 18.5 Å². The highest BCUT2D eigenvalue weighted by Crippen LogP contribution is 2.21. The monoisotopic (exact) mass is 326 g/mol. The van der Waals surface area contributed by atoms with Gasteiger partial charge in [-0.2, -0.15) is 4.98 Å². The quantitative estimate of drug-likeness (QED) is 0.715. The molecule has 1 unspecified atom stereocenters. The summed E-state index contributed by atoms with van der Waals surface area (Å²) in [4.78, 5) is 8.36. The molecule has 0 saturated heterocycles. The highest BCUT2D eigenvalue weighted by atomic mass is 19.1. The average Bonchev–Trinajstić information content (AvgIpc) is 2.58. The summed E-state index contributed by atoms with van der Waals surface area (Å²) in [7, 11) is 0. The van der Waals surface area contributed by atoms with Crippen LogP contribution in [0.4, 0.5) is 26.2 Å². The summed E-state index contributed by atoms with van der Waals surface area (Å²) in [5, 5.41) is 6.01. The Balaban J connectivity index is 1.74. The third-order valence-corrected chi connectivity index (χ3v) is 3.50. The van der Waals surface area contributed by atoms with E-state index in [0.29, 0.717) is 5.82 Å². The minimum Gasteiger partial charge on any atom is -0.363 e. The molecule has 0 aliphatic heterocycles. The van der Waals surface area contributed by atoms with Gasteiger partial charge in [-0.1, -0.05) is 30.3 Å². The van der Waals surface area contributed by atoms with E-state index in [1.54, 1.807) is 12.3 Å². The van der Waals surface area contributed by atoms with E-state index in [2.05, 4.69) is 20.6 Å². The molecular formula is C18H16F2N4. The number of benzene rings is 2. The number of anilines is 3. The molecule has 0 bridgehead atoms. The Morgan fingerprint density at radius 1 is 1.00 bits per heavy atom. The van der Waals surface area contributed by atoms with E-state index >= 15 is 0 Å². The molecule has 24 heavy (non-hydrogen) atoms. The van der Waals surface area contributed by atoms with Crippen LogP contribution in [0.3, 0.4) is 0 Å². The summed E-state index contributed by atoms with van der Waals surface area (Å²) < 4.78 is 26.6. The second-order valence-electron chi connectivity index (χ2n) is 5.29. The van der Waals surface area contributed by atoms with Gasteiger partial charge in [-0.3, -0.25) is 0 Å². The van der Waals surface area contributed by atoms with Crippen molar-refractivity contribution in [3.8, 4) is 0 Å². The topological polar surface area (TPSA) is 49.8 Å². The van der Waals surface area contributed by atoms with Gasteiger partial charge in [-0.25, -0.2) is 13.8 Å². The fourth-order valence-electron chi connectivity index (χ4n) is 2.26. The SMILES string of the molecule is CC(Nc1ccnc(Nc2ccc(F)cc2F)n1)c1ccccc1. The molecule has 0 aliphatic carbocycles. The van der Waals surface area contributed by atoms with Crippen LogP contribution in [0.25, 0.3) is 0 Å². The van der Waals surface area contributed by atoms with E-state index in [1.165, 1.54) is 12.1 Å². The zero-order valence-electron chi connectivity index (χ0n) is 13.0. The van der Waals surface area contributed by atoms with Crippen molar-refractivity contribution in [1.82, 2.24) is 9.97 Å². The minimum absolute atomic E-state index is 0.0523. The number of halogens is 2. The zero-order valence-corrected chi connectivity index (χ0v) is 13.0. The third kappa shape index (κ3) is 3.84. The van der Waals surface area contributed by atoms with Crippen molar-refractivity contribution < 1.29 is 8.78 Å². The molecule has 122 valence electrons. The standard InChI is InChI=1S/C18H16F2N4/c1-12(13-5-3-2-4-6-13)22-17-9-10-21-18(24-17)23-16-8-7-14(19)11-15(16)20/h2-12H,1H3,(H2,21,22,23,24). The van der Waals surface area contributed by atoms with E-state index in [1.807, 2.05) is 37.3 Å².